The van der Waals surface area contributed by atoms with Crippen LogP contribution in [0, 0.1) is 0 Å². The van der Waals surface area contributed by atoms with Crippen LogP contribution in [0.2, 0.25) is 0 Å². The van der Waals surface area contributed by atoms with Crippen LogP contribution in [0.3, 0.4) is 0 Å². The molecule has 106 valence electrons. The monoisotopic (exact) mass is 309 g/mol. The zero-order valence-electron chi connectivity index (χ0n) is 11.1. The van der Waals surface area contributed by atoms with Crippen molar-refractivity contribution in [3.63, 3.8) is 0 Å². The molecule has 7 heteroatoms. The summed E-state index contributed by atoms with van der Waals surface area (Å²) >= 11 is 2.87. The van der Waals surface area contributed by atoms with Crippen LogP contribution in [-0.2, 0) is 24.2 Å². The zero-order valence-corrected chi connectivity index (χ0v) is 12.8. The van der Waals surface area contributed by atoms with Gasteiger partial charge in [-0.2, -0.15) is 4.37 Å². The van der Waals surface area contributed by atoms with E-state index < -0.39 is 0 Å². The highest BCUT2D eigenvalue weighted by atomic mass is 32.1. The van der Waals surface area contributed by atoms with Crippen LogP contribution in [0.15, 0.2) is 5.38 Å². The third kappa shape index (κ3) is 2.74. The first kappa shape index (κ1) is 13.7. The first-order valence-electron chi connectivity index (χ1n) is 6.50. The number of nitrogens with zero attached hydrogens (tertiary/aromatic N) is 2. The van der Waals surface area contributed by atoms with E-state index in [0.717, 1.165) is 18.4 Å². The summed E-state index contributed by atoms with van der Waals surface area (Å²) in [6.45, 7) is 0.361. The van der Waals surface area contributed by atoms with Crippen molar-refractivity contribution in [1.29, 1.82) is 0 Å². The van der Waals surface area contributed by atoms with Gasteiger partial charge in [0.2, 0.25) is 5.13 Å². The fourth-order valence-corrected chi connectivity index (χ4v) is 4.04. The van der Waals surface area contributed by atoms with E-state index in [1.165, 1.54) is 34.8 Å². The zero-order chi connectivity index (χ0) is 13.9. The highest BCUT2D eigenvalue weighted by Gasteiger charge is 2.20. The molecule has 1 N–H and O–H groups in total. The number of carbonyl (C=O) groups is 1. The summed E-state index contributed by atoms with van der Waals surface area (Å²) in [5.41, 5.74) is 2.02. The van der Waals surface area contributed by atoms with Crippen molar-refractivity contribution in [2.24, 2.45) is 0 Å². The van der Waals surface area contributed by atoms with Gasteiger partial charge in [0, 0.05) is 28.9 Å². The van der Waals surface area contributed by atoms with Gasteiger partial charge < -0.3 is 4.74 Å². The Morgan fingerprint density at radius 2 is 2.30 bits per heavy atom. The van der Waals surface area contributed by atoms with Crippen LogP contribution >= 0.6 is 22.9 Å². The molecule has 1 aliphatic carbocycles. The second-order valence-corrected chi connectivity index (χ2v) is 6.38. The Morgan fingerprint density at radius 3 is 3.15 bits per heavy atom. The SMILES string of the molecule is COCc1nsc(NC(=O)c2csc3c2CCCC3)n1. The van der Waals surface area contributed by atoms with Crippen LogP contribution in [-0.4, -0.2) is 22.4 Å². The summed E-state index contributed by atoms with van der Waals surface area (Å²) in [5, 5.41) is 5.32. The van der Waals surface area contributed by atoms with E-state index in [2.05, 4.69) is 14.7 Å². The van der Waals surface area contributed by atoms with Gasteiger partial charge in [-0.25, -0.2) is 4.98 Å². The molecule has 5 nitrogen and oxygen atoms in total. The van der Waals surface area contributed by atoms with Gasteiger partial charge in [0.1, 0.15) is 6.61 Å². The molecule has 3 rings (SSSR count). The quantitative estimate of drug-likeness (QED) is 0.943. The highest BCUT2D eigenvalue weighted by molar-refractivity contribution is 7.10. The lowest BCUT2D eigenvalue weighted by Crippen LogP contribution is -2.14. The Labute approximate surface area is 125 Å². The number of aromatic nitrogens is 2. The Bertz CT molecular complexity index is 621. The largest absolute Gasteiger partial charge is 0.377 e. The Hall–Kier alpha value is -1.31. The third-order valence-corrected chi connectivity index (χ3v) is 5.02. The van der Waals surface area contributed by atoms with Crippen molar-refractivity contribution in [3.05, 3.63) is 27.2 Å². The van der Waals surface area contributed by atoms with Crippen LogP contribution in [0.5, 0.6) is 0 Å². The minimum atomic E-state index is -0.0792. The minimum absolute atomic E-state index is 0.0792. The number of ether oxygens (including phenoxy) is 1. The molecule has 0 saturated carbocycles. The highest BCUT2D eigenvalue weighted by Crippen LogP contribution is 2.30. The molecule has 0 radical (unpaired) electrons. The van der Waals surface area contributed by atoms with Crippen molar-refractivity contribution < 1.29 is 9.53 Å². The van der Waals surface area contributed by atoms with Crippen LogP contribution in [0.25, 0.3) is 0 Å². The maximum Gasteiger partial charge on any atom is 0.258 e. The molecular formula is C13H15N3O2S2. The molecule has 0 fully saturated rings. The first-order valence-corrected chi connectivity index (χ1v) is 8.15. The third-order valence-electron chi connectivity index (χ3n) is 3.27. The van der Waals surface area contributed by atoms with Gasteiger partial charge in [-0.1, -0.05) is 0 Å². The van der Waals surface area contributed by atoms with E-state index >= 15 is 0 Å². The normalized spacial score (nSPS) is 14.1. The van der Waals surface area contributed by atoms with Crippen LogP contribution in [0.1, 0.15) is 39.5 Å². The van der Waals surface area contributed by atoms with Crippen molar-refractivity contribution in [1.82, 2.24) is 9.36 Å². The number of anilines is 1. The fraction of sp³-hybridized carbons (Fsp3) is 0.462. The average Bonchev–Trinajstić information content (AvgIpc) is 3.06. The summed E-state index contributed by atoms with van der Waals surface area (Å²) in [6, 6.07) is 0. The number of carbonyl (C=O) groups excluding carboxylic acids is 1. The van der Waals surface area contributed by atoms with E-state index in [9.17, 15) is 4.79 Å². The lowest BCUT2D eigenvalue weighted by atomic mass is 9.96. The van der Waals surface area contributed by atoms with Gasteiger partial charge in [-0.3, -0.25) is 10.1 Å². The van der Waals surface area contributed by atoms with Crippen LogP contribution in [0.4, 0.5) is 5.13 Å². The molecule has 0 aromatic carbocycles. The number of aryl methyl sites for hydroxylation is 1. The molecule has 2 aromatic heterocycles. The van der Waals surface area contributed by atoms with Gasteiger partial charge in [0.05, 0.1) is 5.56 Å². The molecule has 2 heterocycles. The summed E-state index contributed by atoms with van der Waals surface area (Å²) < 4.78 is 9.08. The Morgan fingerprint density at radius 1 is 1.45 bits per heavy atom. The van der Waals surface area contributed by atoms with E-state index in [1.807, 2.05) is 5.38 Å². The number of nitrogens with one attached hydrogen (secondary N) is 1. The smallest absolute Gasteiger partial charge is 0.258 e. The number of hydrogen-bond acceptors (Lipinski definition) is 6. The lowest BCUT2D eigenvalue weighted by Gasteiger charge is -2.12. The molecule has 20 heavy (non-hydrogen) atoms. The summed E-state index contributed by atoms with van der Waals surface area (Å²) in [7, 11) is 1.59. The molecule has 0 saturated heterocycles. The number of rotatable bonds is 4. The summed E-state index contributed by atoms with van der Waals surface area (Å²) in [6.07, 6.45) is 4.50. The minimum Gasteiger partial charge on any atom is -0.377 e. The van der Waals surface area contributed by atoms with Gasteiger partial charge in [-0.15, -0.1) is 11.3 Å². The number of thiophene rings is 1. The van der Waals surface area contributed by atoms with Gasteiger partial charge in [0.15, 0.2) is 5.82 Å². The number of amides is 1. The van der Waals surface area contributed by atoms with Gasteiger partial charge >= 0.3 is 0 Å². The van der Waals surface area contributed by atoms with Crippen molar-refractivity contribution in [3.8, 4) is 0 Å². The standard InChI is InChI=1S/C13H15N3O2S2/c1-18-6-11-14-13(20-16-11)15-12(17)9-7-19-10-5-3-2-4-8(9)10/h7H,2-6H2,1H3,(H,14,15,16,17). The summed E-state index contributed by atoms with van der Waals surface area (Å²) in [5.74, 6) is 0.518. The number of fused-ring (bicyclic) bond motifs is 1. The van der Waals surface area contributed by atoms with Crippen molar-refractivity contribution in [2.45, 2.75) is 32.3 Å². The Balaban J connectivity index is 1.74. The van der Waals surface area contributed by atoms with Crippen LogP contribution < -0.4 is 5.32 Å². The molecule has 2 aromatic rings. The van der Waals surface area contributed by atoms with E-state index in [4.69, 9.17) is 4.74 Å². The van der Waals surface area contributed by atoms with E-state index in [0.29, 0.717) is 17.6 Å². The van der Waals surface area contributed by atoms with Gasteiger partial charge in [0.25, 0.3) is 5.91 Å². The number of methoxy groups -OCH3 is 1. The molecule has 0 aliphatic heterocycles. The second kappa shape index (κ2) is 5.99. The first-order chi connectivity index (χ1) is 9.78. The van der Waals surface area contributed by atoms with Crippen molar-refractivity contribution in [2.75, 3.05) is 12.4 Å². The van der Waals surface area contributed by atoms with Gasteiger partial charge in [-0.05, 0) is 31.2 Å². The molecular weight excluding hydrogens is 294 g/mol. The molecule has 1 aliphatic rings. The predicted octanol–water partition coefficient (Wildman–Crippen LogP) is 2.88. The number of hydrogen-bond donors (Lipinski definition) is 1. The van der Waals surface area contributed by atoms with E-state index in [1.54, 1.807) is 18.4 Å². The van der Waals surface area contributed by atoms with E-state index in [-0.39, 0.29) is 5.91 Å². The molecule has 0 spiro atoms. The topological polar surface area (TPSA) is 64.1 Å². The Kier molecular flexibility index (Phi) is 4.09. The maximum absolute atomic E-state index is 12.3. The second-order valence-electron chi connectivity index (χ2n) is 4.66. The molecule has 0 atom stereocenters. The molecule has 0 bridgehead atoms. The average molecular weight is 309 g/mol. The maximum atomic E-state index is 12.3. The van der Waals surface area contributed by atoms with Crippen molar-refractivity contribution >= 4 is 33.9 Å². The molecule has 0 unspecified atom stereocenters. The predicted molar refractivity (Wildman–Crippen MR) is 79.5 cm³/mol. The summed E-state index contributed by atoms with van der Waals surface area (Å²) in [4.78, 5) is 17.9. The fourth-order valence-electron chi connectivity index (χ4n) is 2.34. The molecule has 1 amide bonds. The lowest BCUT2D eigenvalue weighted by molar-refractivity contribution is 0.102.